The molecule has 108 valence electrons. The molecule has 0 spiro atoms. The van der Waals surface area contributed by atoms with Gasteiger partial charge in [0.05, 0.1) is 12.6 Å². The standard InChI is InChI=1S/C14H17FN2O3/c1-8-11-7-10(15)3-4-12(11)20-13(8)9(2)17-14(19)16-5-6-18/h3-4,7,9,18H,5-6H2,1-2H3,(H2,16,17,19). The molecule has 2 rings (SSSR count). The second-order valence-electron chi connectivity index (χ2n) is 4.58. The first kappa shape index (κ1) is 14.3. The van der Waals surface area contributed by atoms with Gasteiger partial charge in [-0.2, -0.15) is 0 Å². The molecule has 0 fully saturated rings. The van der Waals surface area contributed by atoms with Gasteiger partial charge in [0.25, 0.3) is 0 Å². The number of aliphatic hydroxyl groups is 1. The monoisotopic (exact) mass is 280 g/mol. The molecule has 0 saturated carbocycles. The molecule has 0 saturated heterocycles. The molecule has 0 radical (unpaired) electrons. The summed E-state index contributed by atoms with van der Waals surface area (Å²) in [5, 5.41) is 14.5. The van der Waals surface area contributed by atoms with E-state index in [0.29, 0.717) is 16.7 Å². The quantitative estimate of drug-likeness (QED) is 0.804. The van der Waals surface area contributed by atoms with Crippen molar-refractivity contribution in [3.8, 4) is 0 Å². The first-order chi connectivity index (χ1) is 9.52. The molecule has 1 aromatic carbocycles. The molecule has 6 heteroatoms. The summed E-state index contributed by atoms with van der Waals surface area (Å²) in [7, 11) is 0. The maximum absolute atomic E-state index is 13.2. The van der Waals surface area contributed by atoms with Crippen LogP contribution in [0.25, 0.3) is 11.0 Å². The van der Waals surface area contributed by atoms with Crippen LogP contribution in [0, 0.1) is 12.7 Å². The average molecular weight is 280 g/mol. The number of carbonyl (C=O) groups excluding carboxylic acids is 1. The zero-order chi connectivity index (χ0) is 14.7. The molecule has 0 aliphatic rings. The third-order valence-electron chi connectivity index (χ3n) is 3.07. The predicted molar refractivity (Wildman–Crippen MR) is 72.9 cm³/mol. The van der Waals surface area contributed by atoms with Gasteiger partial charge in [-0.15, -0.1) is 0 Å². The van der Waals surface area contributed by atoms with Crippen LogP contribution in [-0.2, 0) is 0 Å². The molecule has 2 amide bonds. The van der Waals surface area contributed by atoms with Gasteiger partial charge in [0.1, 0.15) is 17.2 Å². The van der Waals surface area contributed by atoms with E-state index in [9.17, 15) is 9.18 Å². The van der Waals surface area contributed by atoms with E-state index in [1.165, 1.54) is 12.1 Å². The Balaban J connectivity index is 2.20. The number of fused-ring (bicyclic) bond motifs is 1. The highest BCUT2D eigenvalue weighted by Crippen LogP contribution is 2.29. The van der Waals surface area contributed by atoms with E-state index in [0.717, 1.165) is 5.56 Å². The fourth-order valence-corrected chi connectivity index (χ4v) is 2.11. The molecule has 2 aromatic rings. The Morgan fingerprint density at radius 2 is 2.25 bits per heavy atom. The third kappa shape index (κ3) is 2.91. The van der Waals surface area contributed by atoms with E-state index in [-0.39, 0.29) is 25.0 Å². The van der Waals surface area contributed by atoms with Crippen molar-refractivity contribution in [1.82, 2.24) is 10.6 Å². The minimum atomic E-state index is -0.391. The van der Waals surface area contributed by atoms with Gasteiger partial charge < -0.3 is 20.2 Å². The second-order valence-corrected chi connectivity index (χ2v) is 4.58. The highest BCUT2D eigenvalue weighted by Gasteiger charge is 2.18. The number of benzene rings is 1. The number of urea groups is 1. The van der Waals surface area contributed by atoms with Gasteiger partial charge in [-0.25, -0.2) is 9.18 Å². The summed E-state index contributed by atoms with van der Waals surface area (Å²) in [5.41, 5.74) is 1.39. The Labute approximate surface area is 115 Å². The van der Waals surface area contributed by atoms with E-state index >= 15 is 0 Å². The number of furan rings is 1. The number of halogens is 1. The highest BCUT2D eigenvalue weighted by atomic mass is 19.1. The Kier molecular flexibility index (Phi) is 4.24. The van der Waals surface area contributed by atoms with E-state index in [4.69, 9.17) is 9.52 Å². The number of amides is 2. The van der Waals surface area contributed by atoms with Crippen LogP contribution < -0.4 is 10.6 Å². The predicted octanol–water partition coefficient (Wildman–Crippen LogP) is 2.23. The number of carbonyl (C=O) groups is 1. The average Bonchev–Trinajstić information content (AvgIpc) is 2.74. The second kappa shape index (κ2) is 5.92. The summed E-state index contributed by atoms with van der Waals surface area (Å²) in [6, 6.07) is 3.57. The molecule has 1 heterocycles. The van der Waals surface area contributed by atoms with Gasteiger partial charge >= 0.3 is 6.03 Å². The van der Waals surface area contributed by atoms with E-state index in [1.54, 1.807) is 13.0 Å². The highest BCUT2D eigenvalue weighted by molar-refractivity contribution is 5.82. The molecule has 1 atom stereocenters. The molecule has 0 aliphatic carbocycles. The van der Waals surface area contributed by atoms with Gasteiger partial charge in [-0.3, -0.25) is 0 Å². The Morgan fingerprint density at radius 1 is 1.50 bits per heavy atom. The number of hydrogen-bond donors (Lipinski definition) is 3. The van der Waals surface area contributed by atoms with Crippen molar-refractivity contribution < 1.29 is 18.7 Å². The molecule has 0 bridgehead atoms. The number of rotatable bonds is 4. The fourth-order valence-electron chi connectivity index (χ4n) is 2.11. The van der Waals surface area contributed by atoms with Gasteiger partial charge in [-0.05, 0) is 32.0 Å². The molecule has 20 heavy (non-hydrogen) atoms. The SMILES string of the molecule is Cc1c(C(C)NC(=O)NCCO)oc2ccc(F)cc12. The Bertz CT molecular complexity index is 624. The van der Waals surface area contributed by atoms with E-state index in [1.807, 2.05) is 6.92 Å². The Hall–Kier alpha value is -2.08. The molecular weight excluding hydrogens is 263 g/mol. The van der Waals surface area contributed by atoms with Gasteiger partial charge in [0.2, 0.25) is 0 Å². The molecular formula is C14H17FN2O3. The zero-order valence-electron chi connectivity index (χ0n) is 11.4. The molecule has 5 nitrogen and oxygen atoms in total. The van der Waals surface area contributed by atoms with Crippen molar-refractivity contribution in [1.29, 1.82) is 0 Å². The smallest absolute Gasteiger partial charge is 0.315 e. The minimum Gasteiger partial charge on any atom is -0.459 e. The lowest BCUT2D eigenvalue weighted by Crippen LogP contribution is -2.38. The maximum Gasteiger partial charge on any atom is 0.315 e. The lowest BCUT2D eigenvalue weighted by molar-refractivity contribution is 0.230. The van der Waals surface area contributed by atoms with Gasteiger partial charge in [0, 0.05) is 17.5 Å². The number of nitrogens with one attached hydrogen (secondary N) is 2. The van der Waals surface area contributed by atoms with Crippen LogP contribution in [0.3, 0.4) is 0 Å². The number of aliphatic hydroxyl groups excluding tert-OH is 1. The third-order valence-corrected chi connectivity index (χ3v) is 3.07. The topological polar surface area (TPSA) is 74.5 Å². The number of hydrogen-bond acceptors (Lipinski definition) is 3. The molecule has 1 unspecified atom stereocenters. The number of aryl methyl sites for hydroxylation is 1. The summed E-state index contributed by atoms with van der Waals surface area (Å²) in [5.74, 6) is 0.263. The van der Waals surface area contributed by atoms with Crippen LogP contribution in [0.1, 0.15) is 24.3 Å². The fraction of sp³-hybridized carbons (Fsp3) is 0.357. The minimum absolute atomic E-state index is 0.120. The van der Waals surface area contributed by atoms with E-state index < -0.39 is 6.03 Å². The van der Waals surface area contributed by atoms with Crippen molar-refractivity contribution in [3.63, 3.8) is 0 Å². The van der Waals surface area contributed by atoms with Crippen molar-refractivity contribution in [2.45, 2.75) is 19.9 Å². The van der Waals surface area contributed by atoms with Crippen LogP contribution in [-0.4, -0.2) is 24.3 Å². The first-order valence-corrected chi connectivity index (χ1v) is 6.36. The Morgan fingerprint density at radius 3 is 2.95 bits per heavy atom. The largest absolute Gasteiger partial charge is 0.459 e. The van der Waals surface area contributed by atoms with E-state index in [2.05, 4.69) is 10.6 Å². The summed E-state index contributed by atoms with van der Waals surface area (Å²) in [4.78, 5) is 11.5. The summed E-state index contributed by atoms with van der Waals surface area (Å²) in [6.45, 7) is 3.66. The lowest BCUT2D eigenvalue weighted by atomic mass is 10.1. The molecule has 0 aliphatic heterocycles. The van der Waals surface area contributed by atoms with Crippen molar-refractivity contribution >= 4 is 17.0 Å². The van der Waals surface area contributed by atoms with Crippen LogP contribution in [0.2, 0.25) is 0 Å². The van der Waals surface area contributed by atoms with Gasteiger partial charge in [-0.1, -0.05) is 0 Å². The van der Waals surface area contributed by atoms with Crippen LogP contribution in [0.5, 0.6) is 0 Å². The lowest BCUT2D eigenvalue weighted by Gasteiger charge is -2.13. The maximum atomic E-state index is 13.2. The van der Waals surface area contributed by atoms with Crippen LogP contribution >= 0.6 is 0 Å². The van der Waals surface area contributed by atoms with Gasteiger partial charge in [0.15, 0.2) is 0 Å². The van der Waals surface area contributed by atoms with Crippen molar-refractivity contribution in [3.05, 3.63) is 35.3 Å². The van der Waals surface area contributed by atoms with Crippen molar-refractivity contribution in [2.75, 3.05) is 13.2 Å². The first-order valence-electron chi connectivity index (χ1n) is 6.36. The molecule has 1 aromatic heterocycles. The normalized spacial score (nSPS) is 12.4. The zero-order valence-corrected chi connectivity index (χ0v) is 11.4. The van der Waals surface area contributed by atoms with Crippen molar-refractivity contribution in [2.24, 2.45) is 0 Å². The molecule has 3 N–H and O–H groups in total. The summed E-state index contributed by atoms with van der Waals surface area (Å²) < 4.78 is 18.9. The van der Waals surface area contributed by atoms with Crippen LogP contribution in [0.15, 0.2) is 22.6 Å². The summed E-state index contributed by atoms with van der Waals surface area (Å²) >= 11 is 0. The van der Waals surface area contributed by atoms with Crippen LogP contribution in [0.4, 0.5) is 9.18 Å². The summed E-state index contributed by atoms with van der Waals surface area (Å²) in [6.07, 6.45) is 0.